The van der Waals surface area contributed by atoms with Crippen LogP contribution in [-0.4, -0.2) is 46.7 Å². The highest BCUT2D eigenvalue weighted by Crippen LogP contribution is 2.57. The Kier molecular flexibility index (Phi) is 7.41. The van der Waals surface area contributed by atoms with Crippen LogP contribution in [0.5, 0.6) is 5.75 Å². The highest BCUT2D eigenvalue weighted by Gasteiger charge is 2.48. The van der Waals surface area contributed by atoms with Crippen LogP contribution in [0.25, 0.3) is 11.1 Å². The van der Waals surface area contributed by atoms with Crippen LogP contribution < -0.4 is 9.64 Å². The van der Waals surface area contributed by atoms with Crippen LogP contribution in [-0.2, 0) is 11.3 Å². The second-order valence-corrected chi connectivity index (χ2v) is 11.5. The van der Waals surface area contributed by atoms with E-state index in [0.29, 0.717) is 35.7 Å². The van der Waals surface area contributed by atoms with Crippen LogP contribution in [0.15, 0.2) is 60.9 Å². The average Bonchev–Trinajstić information content (AvgIpc) is 3.61. The van der Waals surface area contributed by atoms with E-state index in [-0.39, 0.29) is 24.9 Å². The van der Waals surface area contributed by atoms with Gasteiger partial charge in [0, 0.05) is 28.9 Å². The van der Waals surface area contributed by atoms with Gasteiger partial charge >= 0.3 is 12.1 Å². The van der Waals surface area contributed by atoms with Gasteiger partial charge in [0.05, 0.1) is 24.0 Å². The molecule has 0 saturated heterocycles. The molecule has 216 valence electrons. The van der Waals surface area contributed by atoms with Gasteiger partial charge in [-0.15, -0.1) is 0 Å². The molecule has 6 rings (SSSR count). The van der Waals surface area contributed by atoms with Crippen molar-refractivity contribution in [2.45, 2.75) is 39.7 Å². The molecule has 1 saturated carbocycles. The van der Waals surface area contributed by atoms with Crippen LogP contribution in [0.2, 0.25) is 5.02 Å². The Hall–Kier alpha value is -4.30. The Morgan fingerprint density at radius 2 is 1.83 bits per heavy atom. The molecule has 2 atom stereocenters. The molecule has 1 amide bonds. The van der Waals surface area contributed by atoms with Crippen molar-refractivity contribution >= 4 is 29.4 Å². The lowest BCUT2D eigenvalue weighted by Crippen LogP contribution is -2.37. The number of aromatic carboxylic acids is 1. The zero-order chi connectivity index (χ0) is 29.5. The van der Waals surface area contributed by atoms with E-state index < -0.39 is 5.97 Å². The van der Waals surface area contributed by atoms with Gasteiger partial charge < -0.3 is 14.6 Å². The topological polar surface area (TPSA) is 93.9 Å². The van der Waals surface area contributed by atoms with Gasteiger partial charge in [-0.25, -0.2) is 9.59 Å². The number of carboxylic acids is 1. The fourth-order valence-electron chi connectivity index (χ4n) is 5.96. The third kappa shape index (κ3) is 5.34. The summed E-state index contributed by atoms with van der Waals surface area (Å²) in [6, 6.07) is 14.9. The molecule has 0 unspecified atom stereocenters. The Balaban J connectivity index is 1.17. The molecule has 1 aliphatic carbocycles. The van der Waals surface area contributed by atoms with Crippen molar-refractivity contribution < 1.29 is 24.2 Å². The first-order chi connectivity index (χ1) is 20.2. The number of carboxylic acid groups (broad SMARTS) is 1. The second kappa shape index (κ2) is 11.2. The number of aromatic nitrogens is 2. The van der Waals surface area contributed by atoms with Crippen LogP contribution in [0.4, 0.5) is 10.5 Å². The van der Waals surface area contributed by atoms with E-state index in [9.17, 15) is 14.7 Å². The molecule has 0 radical (unpaired) electrons. The number of amides is 1. The summed E-state index contributed by atoms with van der Waals surface area (Å²) in [7, 11) is 0. The molecular weight excluding hydrogens is 554 g/mol. The SMILES string of the molecule is Cc1cc(C(=O)O)cc(C)c1Cn1cc(-c2cccc3c2[C@H]2C[C@H]2CN3C(=O)OCCOc2cccc(Cl)c2C)cn1. The number of carbonyl (C=O) groups excluding carboxylic acids is 1. The zero-order valence-electron chi connectivity index (χ0n) is 23.8. The van der Waals surface area contributed by atoms with Crippen molar-refractivity contribution in [1.29, 1.82) is 0 Å². The zero-order valence-corrected chi connectivity index (χ0v) is 24.5. The molecule has 1 aromatic heterocycles. The minimum atomic E-state index is -0.930. The summed E-state index contributed by atoms with van der Waals surface area (Å²) < 4.78 is 13.3. The summed E-state index contributed by atoms with van der Waals surface area (Å²) in [5, 5.41) is 14.6. The standard InChI is InChI=1S/C33H32ClN3O5/c1-19-12-22(32(38)39)13-20(2)27(19)18-36-16-24(15-35-36)25-6-4-8-29-31(25)26-14-23(26)17-37(29)33(40)42-11-10-41-30-9-5-7-28(34)21(30)3/h4-9,12-13,15-16,23,26H,10-11,14,17-18H2,1-3H3,(H,38,39)/t23-,26-/m0/s1. The van der Waals surface area contributed by atoms with E-state index in [0.717, 1.165) is 51.1 Å². The first-order valence-electron chi connectivity index (χ1n) is 14.0. The summed E-state index contributed by atoms with van der Waals surface area (Å²) in [5.41, 5.74) is 8.13. The molecule has 1 N–H and O–H groups in total. The number of aryl methyl sites for hydroxylation is 2. The van der Waals surface area contributed by atoms with Crippen LogP contribution in [0.1, 0.15) is 50.5 Å². The Bertz CT molecular complexity index is 1670. The van der Waals surface area contributed by atoms with Crippen molar-refractivity contribution in [3.05, 3.63) is 99.3 Å². The summed E-state index contributed by atoms with van der Waals surface area (Å²) in [6.07, 6.45) is 4.53. The molecule has 2 aliphatic rings. The van der Waals surface area contributed by atoms with Crippen molar-refractivity contribution in [3.8, 4) is 16.9 Å². The predicted octanol–water partition coefficient (Wildman–Crippen LogP) is 7.01. The molecule has 42 heavy (non-hydrogen) atoms. The van der Waals surface area contributed by atoms with Gasteiger partial charge in [-0.3, -0.25) is 9.58 Å². The summed E-state index contributed by atoms with van der Waals surface area (Å²) in [4.78, 5) is 26.4. The highest BCUT2D eigenvalue weighted by atomic mass is 35.5. The number of fused-ring (bicyclic) bond motifs is 3. The average molecular weight is 586 g/mol. The lowest BCUT2D eigenvalue weighted by Gasteiger charge is -2.29. The molecule has 2 heterocycles. The number of benzene rings is 3. The number of halogens is 1. The maximum absolute atomic E-state index is 13.2. The van der Waals surface area contributed by atoms with Crippen molar-refractivity contribution in [1.82, 2.24) is 9.78 Å². The summed E-state index contributed by atoms with van der Waals surface area (Å²) in [6.45, 7) is 7.28. The van der Waals surface area contributed by atoms with Crippen molar-refractivity contribution in [2.24, 2.45) is 5.92 Å². The molecule has 1 fully saturated rings. The van der Waals surface area contributed by atoms with E-state index >= 15 is 0 Å². The van der Waals surface area contributed by atoms with Crippen LogP contribution in [0, 0.1) is 26.7 Å². The Labute approximate surface area is 249 Å². The van der Waals surface area contributed by atoms with E-state index in [1.807, 2.05) is 68.2 Å². The normalized spacial score (nSPS) is 16.9. The van der Waals surface area contributed by atoms with Gasteiger partial charge in [-0.05, 0) is 97.2 Å². The summed E-state index contributed by atoms with van der Waals surface area (Å²) in [5.74, 6) is 0.561. The van der Waals surface area contributed by atoms with Crippen LogP contribution in [0.3, 0.4) is 0 Å². The van der Waals surface area contributed by atoms with E-state index in [2.05, 4.69) is 11.2 Å². The number of hydrogen-bond donors (Lipinski definition) is 1. The van der Waals surface area contributed by atoms with Crippen molar-refractivity contribution in [3.63, 3.8) is 0 Å². The molecular formula is C33H32ClN3O5. The number of nitrogens with zero attached hydrogens (tertiary/aromatic N) is 3. The third-order valence-corrected chi connectivity index (χ3v) is 8.71. The van der Waals surface area contributed by atoms with E-state index in [4.69, 9.17) is 21.1 Å². The molecule has 4 aromatic rings. The van der Waals surface area contributed by atoms with Gasteiger partial charge in [0.15, 0.2) is 0 Å². The predicted molar refractivity (Wildman–Crippen MR) is 161 cm³/mol. The van der Waals surface area contributed by atoms with E-state index in [1.165, 1.54) is 0 Å². The molecule has 3 aromatic carbocycles. The second-order valence-electron chi connectivity index (χ2n) is 11.1. The Morgan fingerprint density at radius 3 is 2.60 bits per heavy atom. The van der Waals surface area contributed by atoms with Crippen LogP contribution >= 0.6 is 11.6 Å². The lowest BCUT2D eigenvalue weighted by atomic mass is 9.93. The summed E-state index contributed by atoms with van der Waals surface area (Å²) >= 11 is 6.17. The van der Waals surface area contributed by atoms with E-state index in [1.54, 1.807) is 17.0 Å². The number of hydrogen-bond acceptors (Lipinski definition) is 5. The smallest absolute Gasteiger partial charge is 0.414 e. The minimum absolute atomic E-state index is 0.128. The third-order valence-electron chi connectivity index (χ3n) is 8.30. The van der Waals surface area contributed by atoms with Gasteiger partial charge in [0.2, 0.25) is 0 Å². The van der Waals surface area contributed by atoms with Gasteiger partial charge in [0.1, 0.15) is 19.0 Å². The first kappa shape index (κ1) is 27.8. The molecule has 1 aliphatic heterocycles. The number of ether oxygens (including phenoxy) is 2. The molecule has 9 heteroatoms. The van der Waals surface area contributed by atoms with Gasteiger partial charge in [0.25, 0.3) is 0 Å². The first-order valence-corrected chi connectivity index (χ1v) is 14.4. The number of rotatable bonds is 8. The lowest BCUT2D eigenvalue weighted by molar-refractivity contribution is 0.0696. The monoisotopic (exact) mass is 585 g/mol. The van der Waals surface area contributed by atoms with Crippen molar-refractivity contribution in [2.75, 3.05) is 24.7 Å². The Morgan fingerprint density at radius 1 is 1.07 bits per heavy atom. The largest absolute Gasteiger partial charge is 0.490 e. The molecule has 0 spiro atoms. The maximum atomic E-state index is 13.2. The molecule has 0 bridgehead atoms. The van der Waals surface area contributed by atoms with Gasteiger partial charge in [-0.1, -0.05) is 29.8 Å². The fourth-order valence-corrected chi connectivity index (χ4v) is 6.12. The molecule has 8 nitrogen and oxygen atoms in total. The maximum Gasteiger partial charge on any atom is 0.414 e. The highest BCUT2D eigenvalue weighted by molar-refractivity contribution is 6.31. The fraction of sp³-hybridized carbons (Fsp3) is 0.303. The minimum Gasteiger partial charge on any atom is -0.490 e. The quantitative estimate of drug-likeness (QED) is 0.223. The van der Waals surface area contributed by atoms with Gasteiger partial charge in [-0.2, -0.15) is 5.10 Å². The number of carbonyl (C=O) groups is 2. The number of anilines is 1.